The Hall–Kier alpha value is -3.19. The van der Waals surface area contributed by atoms with Gasteiger partial charge in [0.2, 0.25) is 12.7 Å². The van der Waals surface area contributed by atoms with Gasteiger partial charge in [0.1, 0.15) is 0 Å². The number of piperidine rings is 1. The van der Waals surface area contributed by atoms with Crippen LogP contribution in [0.15, 0.2) is 42.5 Å². The van der Waals surface area contributed by atoms with E-state index in [0.717, 1.165) is 36.8 Å². The molecular weight excluding hydrogens is 434 g/mol. The van der Waals surface area contributed by atoms with Gasteiger partial charge in [-0.2, -0.15) is 0 Å². The maximum absolute atomic E-state index is 13.5. The minimum absolute atomic E-state index is 0.0703. The van der Waals surface area contributed by atoms with Crippen molar-refractivity contribution < 1.29 is 29.2 Å². The molecule has 5 rings (SSSR count). The highest BCUT2D eigenvalue weighted by atomic mass is 16.7. The van der Waals surface area contributed by atoms with Crippen LogP contribution in [0.5, 0.6) is 23.0 Å². The van der Waals surface area contributed by atoms with E-state index in [1.165, 1.54) is 0 Å². The third-order valence-corrected chi connectivity index (χ3v) is 7.29. The number of fused-ring (bicyclic) bond motifs is 2. The summed E-state index contributed by atoms with van der Waals surface area (Å²) < 4.78 is 16.4. The SMILES string of the molecule is CCOc1cc(C2C3CCCCC3(O)CCN2C(=O)C=Cc2ccc3c(c2)OCO3)ccc1O. The van der Waals surface area contributed by atoms with E-state index in [2.05, 4.69) is 0 Å². The normalized spacial score (nSPS) is 25.9. The van der Waals surface area contributed by atoms with E-state index in [0.29, 0.717) is 36.8 Å². The standard InChI is InChI=1S/C27H31NO6/c1-2-32-23-16-19(8-9-21(23)29)26-20-5-3-4-12-27(20,31)13-14-28(26)25(30)11-7-18-6-10-22-24(15-18)34-17-33-22/h6-11,15-16,20,26,29,31H,2-5,12-14,17H2,1H3. The number of carbonyl (C=O) groups is 1. The summed E-state index contributed by atoms with van der Waals surface area (Å²) >= 11 is 0. The molecule has 0 radical (unpaired) electrons. The number of aliphatic hydroxyl groups is 1. The molecule has 2 aliphatic heterocycles. The van der Waals surface area contributed by atoms with Crippen LogP contribution >= 0.6 is 0 Å². The van der Waals surface area contributed by atoms with Crippen molar-refractivity contribution in [3.05, 3.63) is 53.6 Å². The fraction of sp³-hybridized carbons (Fsp3) is 0.444. The maximum atomic E-state index is 13.5. The van der Waals surface area contributed by atoms with E-state index in [1.807, 2.05) is 42.2 Å². The first kappa shape index (κ1) is 22.6. The van der Waals surface area contributed by atoms with Crippen LogP contribution < -0.4 is 14.2 Å². The van der Waals surface area contributed by atoms with Gasteiger partial charge in [0.25, 0.3) is 0 Å². The lowest BCUT2D eigenvalue weighted by Gasteiger charge is -2.52. The Morgan fingerprint density at radius 1 is 1.18 bits per heavy atom. The molecular formula is C27H31NO6. The number of aromatic hydroxyl groups is 1. The third kappa shape index (κ3) is 4.20. The van der Waals surface area contributed by atoms with Crippen LogP contribution in [0.3, 0.4) is 0 Å². The van der Waals surface area contributed by atoms with E-state index in [4.69, 9.17) is 14.2 Å². The molecule has 2 heterocycles. The van der Waals surface area contributed by atoms with Crippen molar-refractivity contribution in [3.8, 4) is 23.0 Å². The van der Waals surface area contributed by atoms with Gasteiger partial charge in [-0.15, -0.1) is 0 Å². The Morgan fingerprint density at radius 3 is 2.88 bits per heavy atom. The molecule has 2 fully saturated rings. The highest BCUT2D eigenvalue weighted by molar-refractivity contribution is 5.92. The Balaban J connectivity index is 1.46. The van der Waals surface area contributed by atoms with Crippen molar-refractivity contribution >= 4 is 12.0 Å². The molecule has 34 heavy (non-hydrogen) atoms. The molecule has 2 aromatic carbocycles. The molecule has 7 heteroatoms. The zero-order valence-corrected chi connectivity index (χ0v) is 19.4. The summed E-state index contributed by atoms with van der Waals surface area (Å²) in [5.74, 6) is 1.66. The topological polar surface area (TPSA) is 88.5 Å². The fourth-order valence-corrected chi connectivity index (χ4v) is 5.61. The minimum Gasteiger partial charge on any atom is -0.504 e. The van der Waals surface area contributed by atoms with Crippen LogP contribution in [0.1, 0.15) is 56.2 Å². The van der Waals surface area contributed by atoms with Gasteiger partial charge in [-0.3, -0.25) is 4.79 Å². The van der Waals surface area contributed by atoms with Crippen LogP contribution in [0, 0.1) is 5.92 Å². The Bertz CT molecular complexity index is 1100. The first-order valence-corrected chi connectivity index (χ1v) is 12.0. The number of carbonyl (C=O) groups excluding carboxylic acids is 1. The number of rotatable bonds is 5. The number of ether oxygens (including phenoxy) is 3. The number of nitrogens with zero attached hydrogens (tertiary/aromatic N) is 1. The van der Waals surface area contributed by atoms with E-state index in [1.54, 1.807) is 18.2 Å². The lowest BCUT2D eigenvalue weighted by atomic mass is 9.66. The summed E-state index contributed by atoms with van der Waals surface area (Å²) in [5, 5.41) is 21.7. The van der Waals surface area contributed by atoms with Gasteiger partial charge in [-0.05, 0) is 67.7 Å². The second-order valence-corrected chi connectivity index (χ2v) is 9.29. The first-order chi connectivity index (χ1) is 16.5. The van der Waals surface area contributed by atoms with E-state index in [9.17, 15) is 15.0 Å². The zero-order chi connectivity index (χ0) is 23.7. The van der Waals surface area contributed by atoms with Crippen LogP contribution in [-0.4, -0.2) is 46.6 Å². The van der Waals surface area contributed by atoms with Crippen LogP contribution in [-0.2, 0) is 4.79 Å². The molecule has 0 aromatic heterocycles. The van der Waals surface area contributed by atoms with E-state index >= 15 is 0 Å². The van der Waals surface area contributed by atoms with Crippen LogP contribution in [0.25, 0.3) is 6.08 Å². The van der Waals surface area contributed by atoms with Gasteiger partial charge < -0.3 is 29.3 Å². The molecule has 1 aliphatic carbocycles. The smallest absolute Gasteiger partial charge is 0.247 e. The van der Waals surface area contributed by atoms with Gasteiger partial charge in [-0.25, -0.2) is 0 Å². The second-order valence-electron chi connectivity index (χ2n) is 9.29. The lowest BCUT2D eigenvalue weighted by molar-refractivity contribution is -0.150. The summed E-state index contributed by atoms with van der Waals surface area (Å²) in [6.07, 6.45) is 7.55. The largest absolute Gasteiger partial charge is 0.504 e. The summed E-state index contributed by atoms with van der Waals surface area (Å²) in [6, 6.07) is 10.5. The number of phenolic OH excluding ortho intramolecular Hbond substituents is 1. The highest BCUT2D eigenvalue weighted by Gasteiger charge is 2.50. The van der Waals surface area contributed by atoms with Crippen LogP contribution in [0.4, 0.5) is 0 Å². The number of hydrogen-bond acceptors (Lipinski definition) is 6. The quantitative estimate of drug-likeness (QED) is 0.636. The van der Waals surface area contributed by atoms with Crippen molar-refractivity contribution in [2.24, 2.45) is 5.92 Å². The van der Waals surface area contributed by atoms with Crippen molar-refractivity contribution in [2.45, 2.75) is 50.7 Å². The van der Waals surface area contributed by atoms with Crippen molar-refractivity contribution in [2.75, 3.05) is 19.9 Å². The molecule has 0 spiro atoms. The summed E-state index contributed by atoms with van der Waals surface area (Å²) in [4.78, 5) is 15.3. The Labute approximate surface area is 199 Å². The molecule has 3 aliphatic rings. The summed E-state index contributed by atoms with van der Waals surface area (Å²) in [7, 11) is 0. The second kappa shape index (κ2) is 9.22. The van der Waals surface area contributed by atoms with Crippen molar-refractivity contribution in [1.82, 2.24) is 4.90 Å². The predicted octanol–water partition coefficient (Wildman–Crippen LogP) is 4.43. The molecule has 3 atom stereocenters. The van der Waals surface area contributed by atoms with Gasteiger partial charge >= 0.3 is 0 Å². The average molecular weight is 466 g/mol. The number of phenols is 1. The van der Waals surface area contributed by atoms with E-state index in [-0.39, 0.29) is 30.4 Å². The lowest BCUT2D eigenvalue weighted by Crippen LogP contribution is -2.56. The van der Waals surface area contributed by atoms with Crippen LogP contribution in [0.2, 0.25) is 0 Å². The third-order valence-electron chi connectivity index (χ3n) is 7.29. The van der Waals surface area contributed by atoms with Gasteiger partial charge in [0, 0.05) is 18.5 Å². The predicted molar refractivity (Wildman–Crippen MR) is 127 cm³/mol. The maximum Gasteiger partial charge on any atom is 0.247 e. The van der Waals surface area contributed by atoms with Crippen molar-refractivity contribution in [3.63, 3.8) is 0 Å². The highest BCUT2D eigenvalue weighted by Crippen LogP contribution is 2.50. The molecule has 3 unspecified atom stereocenters. The summed E-state index contributed by atoms with van der Waals surface area (Å²) in [5.41, 5.74) is 0.935. The van der Waals surface area contributed by atoms with E-state index < -0.39 is 5.60 Å². The number of likely N-dealkylation sites (tertiary alicyclic amines) is 1. The summed E-state index contributed by atoms with van der Waals surface area (Å²) in [6.45, 7) is 2.96. The molecule has 1 amide bonds. The molecule has 2 N–H and O–H groups in total. The molecule has 7 nitrogen and oxygen atoms in total. The molecule has 0 bridgehead atoms. The zero-order valence-electron chi connectivity index (χ0n) is 19.4. The Morgan fingerprint density at radius 2 is 2.03 bits per heavy atom. The molecule has 1 saturated carbocycles. The number of amides is 1. The molecule has 1 saturated heterocycles. The van der Waals surface area contributed by atoms with Gasteiger partial charge in [0.05, 0.1) is 18.2 Å². The van der Waals surface area contributed by atoms with Crippen molar-refractivity contribution in [1.29, 1.82) is 0 Å². The first-order valence-electron chi connectivity index (χ1n) is 12.0. The molecule has 2 aromatic rings. The minimum atomic E-state index is -0.787. The fourth-order valence-electron chi connectivity index (χ4n) is 5.61. The number of benzene rings is 2. The van der Waals surface area contributed by atoms with Gasteiger partial charge in [-0.1, -0.05) is 25.0 Å². The van der Waals surface area contributed by atoms with Gasteiger partial charge in [0.15, 0.2) is 23.0 Å². The number of hydrogen-bond donors (Lipinski definition) is 2. The molecule has 180 valence electrons. The average Bonchev–Trinajstić information content (AvgIpc) is 3.31. The monoisotopic (exact) mass is 465 g/mol. The Kier molecular flexibility index (Phi) is 6.13.